The smallest absolute Gasteiger partial charge is 0.416 e. The molecule has 0 atom stereocenters. The monoisotopic (exact) mass is 524 g/mol. The molecular formula is C25H19F3N6O2S. The van der Waals surface area contributed by atoms with Gasteiger partial charge in [-0.15, -0.1) is 0 Å². The Kier molecular flexibility index (Phi) is 6.25. The number of aryl methyl sites for hydroxylation is 1. The number of rotatable bonds is 5. The first-order valence-corrected chi connectivity index (χ1v) is 12.0. The van der Waals surface area contributed by atoms with Gasteiger partial charge in [-0.05, 0) is 44.0 Å². The fourth-order valence-corrected chi connectivity index (χ4v) is 4.97. The number of alkyl halides is 3. The summed E-state index contributed by atoms with van der Waals surface area (Å²) in [7, 11) is 1.35. The fourth-order valence-electron chi connectivity index (χ4n) is 4.17. The molecule has 5 rings (SSSR count). The van der Waals surface area contributed by atoms with Crippen molar-refractivity contribution >= 4 is 32.9 Å². The number of hydrogen-bond donors (Lipinski definition) is 1. The number of aromatic nitrogens is 4. The molecule has 1 N–H and O–H groups in total. The third-order valence-corrected chi connectivity index (χ3v) is 7.06. The molecule has 0 saturated heterocycles. The standard InChI is InChI=1S/C25H19F3N6O2S/c1-12-5-16(17-8-15(25(26,27)28)3-4-20(17)36-2)18(10-30-12)22(35)34-24-33-21-23(37-24)32-19(11-31-21)14-6-13(7-14)9-29/h3-5,8,10-11,13-14H,6-7H2,1-2H3,(H,31,33,34,35). The Balaban J connectivity index is 1.46. The third kappa shape index (κ3) is 4.82. The molecule has 3 heterocycles. The molecule has 1 aliphatic carbocycles. The Bertz CT molecular complexity index is 1560. The van der Waals surface area contributed by atoms with E-state index in [1.54, 1.807) is 13.1 Å². The fraction of sp³-hybridized carbons (Fsp3) is 0.280. The molecule has 1 aliphatic rings. The molecular weight excluding hydrogens is 505 g/mol. The maximum atomic E-state index is 13.4. The molecule has 37 heavy (non-hydrogen) atoms. The minimum absolute atomic E-state index is 0.0339. The van der Waals surface area contributed by atoms with Crippen molar-refractivity contribution in [2.75, 3.05) is 12.4 Å². The van der Waals surface area contributed by atoms with E-state index in [9.17, 15) is 18.0 Å². The predicted molar refractivity (Wildman–Crippen MR) is 130 cm³/mol. The van der Waals surface area contributed by atoms with Gasteiger partial charge in [-0.25, -0.2) is 9.97 Å². The highest BCUT2D eigenvalue weighted by Gasteiger charge is 2.33. The molecule has 0 radical (unpaired) electrons. The van der Waals surface area contributed by atoms with Gasteiger partial charge in [-0.3, -0.25) is 15.1 Å². The average molecular weight is 525 g/mol. The van der Waals surface area contributed by atoms with Crippen molar-refractivity contribution in [1.82, 2.24) is 19.9 Å². The second kappa shape index (κ2) is 9.40. The first-order valence-electron chi connectivity index (χ1n) is 11.2. The van der Waals surface area contributed by atoms with Crippen LogP contribution >= 0.6 is 11.3 Å². The lowest BCUT2D eigenvalue weighted by atomic mass is 9.74. The molecule has 1 saturated carbocycles. The molecule has 1 aromatic carbocycles. The van der Waals surface area contributed by atoms with E-state index < -0.39 is 17.6 Å². The maximum absolute atomic E-state index is 13.4. The number of nitrogens with zero attached hydrogens (tertiary/aromatic N) is 5. The molecule has 12 heteroatoms. The minimum Gasteiger partial charge on any atom is -0.496 e. The van der Waals surface area contributed by atoms with Gasteiger partial charge in [-0.2, -0.15) is 23.4 Å². The molecule has 0 spiro atoms. The number of amides is 1. The van der Waals surface area contributed by atoms with Gasteiger partial charge in [0.15, 0.2) is 15.6 Å². The van der Waals surface area contributed by atoms with Crippen molar-refractivity contribution in [2.45, 2.75) is 31.9 Å². The number of carbonyl (C=O) groups excluding carboxylic acids is 1. The Morgan fingerprint density at radius 2 is 1.95 bits per heavy atom. The first kappa shape index (κ1) is 24.6. The number of pyridine rings is 1. The summed E-state index contributed by atoms with van der Waals surface area (Å²) in [6, 6.07) is 6.88. The van der Waals surface area contributed by atoms with Crippen molar-refractivity contribution in [2.24, 2.45) is 5.92 Å². The zero-order valence-electron chi connectivity index (χ0n) is 19.6. The SMILES string of the molecule is COc1ccc(C(F)(F)F)cc1-c1cc(C)ncc1C(=O)Nc1nc2ncc(C3CC(C#N)C3)nc2s1. The third-order valence-electron chi connectivity index (χ3n) is 6.20. The highest BCUT2D eigenvalue weighted by Crippen LogP contribution is 2.41. The molecule has 0 aliphatic heterocycles. The first-order chi connectivity index (χ1) is 17.7. The predicted octanol–water partition coefficient (Wildman–Crippen LogP) is 5.75. The van der Waals surface area contributed by atoms with E-state index in [0.29, 0.717) is 16.2 Å². The van der Waals surface area contributed by atoms with Crippen molar-refractivity contribution in [3.63, 3.8) is 0 Å². The molecule has 1 fully saturated rings. The van der Waals surface area contributed by atoms with E-state index in [0.717, 1.165) is 42.0 Å². The number of thiazole rings is 1. The molecule has 4 aromatic rings. The number of carbonyl (C=O) groups is 1. The van der Waals surface area contributed by atoms with Crippen LogP contribution in [0.1, 0.15) is 46.1 Å². The van der Waals surface area contributed by atoms with E-state index in [4.69, 9.17) is 10.00 Å². The van der Waals surface area contributed by atoms with E-state index in [1.165, 1.54) is 25.4 Å². The Morgan fingerprint density at radius 3 is 2.65 bits per heavy atom. The van der Waals surface area contributed by atoms with Crippen molar-refractivity contribution in [3.05, 3.63) is 59.2 Å². The van der Waals surface area contributed by atoms with Gasteiger partial charge in [0, 0.05) is 34.9 Å². The van der Waals surface area contributed by atoms with E-state index >= 15 is 0 Å². The number of halogens is 3. The lowest BCUT2D eigenvalue weighted by molar-refractivity contribution is -0.137. The number of anilines is 1. The Labute approximate surface area is 213 Å². The van der Waals surface area contributed by atoms with Crippen LogP contribution in [0.15, 0.2) is 36.7 Å². The summed E-state index contributed by atoms with van der Waals surface area (Å²) < 4.78 is 45.6. The number of methoxy groups -OCH3 is 1. The van der Waals surface area contributed by atoms with Gasteiger partial charge in [-0.1, -0.05) is 11.3 Å². The van der Waals surface area contributed by atoms with E-state index in [-0.39, 0.29) is 39.4 Å². The lowest BCUT2D eigenvalue weighted by Gasteiger charge is -2.29. The lowest BCUT2D eigenvalue weighted by Crippen LogP contribution is -2.21. The van der Waals surface area contributed by atoms with E-state index in [2.05, 4.69) is 31.3 Å². The zero-order chi connectivity index (χ0) is 26.3. The van der Waals surface area contributed by atoms with Gasteiger partial charge in [0.1, 0.15) is 5.75 Å². The summed E-state index contributed by atoms with van der Waals surface area (Å²) in [6.07, 6.45) is -0.152. The number of nitrogens with one attached hydrogen (secondary N) is 1. The summed E-state index contributed by atoms with van der Waals surface area (Å²) in [5.74, 6) is -0.211. The summed E-state index contributed by atoms with van der Waals surface area (Å²) >= 11 is 1.14. The molecule has 3 aromatic heterocycles. The van der Waals surface area contributed by atoms with Gasteiger partial charge < -0.3 is 4.74 Å². The van der Waals surface area contributed by atoms with Crippen LogP contribution in [0.3, 0.4) is 0 Å². The van der Waals surface area contributed by atoms with E-state index in [1.807, 2.05) is 0 Å². The van der Waals surface area contributed by atoms with Crippen molar-refractivity contribution in [3.8, 4) is 22.9 Å². The number of ether oxygens (including phenoxy) is 1. The van der Waals surface area contributed by atoms with Gasteiger partial charge in [0.05, 0.1) is 36.2 Å². The molecule has 1 amide bonds. The van der Waals surface area contributed by atoms with Crippen molar-refractivity contribution < 1.29 is 22.7 Å². The van der Waals surface area contributed by atoms with Crippen molar-refractivity contribution in [1.29, 1.82) is 5.26 Å². The second-order valence-electron chi connectivity index (χ2n) is 8.68. The number of nitriles is 1. The van der Waals surface area contributed by atoms with Crippen LogP contribution in [0, 0.1) is 24.2 Å². The maximum Gasteiger partial charge on any atom is 0.416 e. The van der Waals surface area contributed by atoms with Gasteiger partial charge >= 0.3 is 6.18 Å². The molecule has 0 bridgehead atoms. The van der Waals surface area contributed by atoms with Crippen LogP contribution in [0.5, 0.6) is 5.75 Å². The van der Waals surface area contributed by atoms with Crippen LogP contribution in [0.2, 0.25) is 0 Å². The highest BCUT2D eigenvalue weighted by molar-refractivity contribution is 7.21. The minimum atomic E-state index is -4.57. The topological polar surface area (TPSA) is 114 Å². The quantitative estimate of drug-likeness (QED) is 0.353. The van der Waals surface area contributed by atoms with Crippen LogP contribution in [-0.4, -0.2) is 33.0 Å². The van der Waals surface area contributed by atoms with Crippen LogP contribution < -0.4 is 10.1 Å². The van der Waals surface area contributed by atoms with Crippen LogP contribution in [0.25, 0.3) is 21.6 Å². The summed E-state index contributed by atoms with van der Waals surface area (Å²) in [5.41, 5.74) is 1.20. The summed E-state index contributed by atoms with van der Waals surface area (Å²) in [4.78, 5) is 31.2. The second-order valence-corrected chi connectivity index (χ2v) is 9.65. The molecule has 0 unspecified atom stereocenters. The van der Waals surface area contributed by atoms with Crippen LogP contribution in [-0.2, 0) is 6.18 Å². The number of hydrogen-bond acceptors (Lipinski definition) is 8. The Morgan fingerprint density at radius 1 is 1.16 bits per heavy atom. The Hall–Kier alpha value is -4.11. The van der Waals surface area contributed by atoms with Gasteiger partial charge in [0.2, 0.25) is 0 Å². The largest absolute Gasteiger partial charge is 0.496 e. The number of benzene rings is 1. The molecule has 188 valence electrons. The van der Waals surface area contributed by atoms with Crippen LogP contribution in [0.4, 0.5) is 18.3 Å². The molecule has 8 nitrogen and oxygen atoms in total. The normalized spacial score (nSPS) is 17.2. The zero-order valence-corrected chi connectivity index (χ0v) is 20.4. The highest BCUT2D eigenvalue weighted by atomic mass is 32.1. The summed E-state index contributed by atoms with van der Waals surface area (Å²) in [5, 5.41) is 11.9. The van der Waals surface area contributed by atoms with Gasteiger partial charge in [0.25, 0.3) is 5.91 Å². The average Bonchev–Trinajstić information content (AvgIpc) is 3.23. The number of fused-ring (bicyclic) bond motifs is 1. The summed E-state index contributed by atoms with van der Waals surface area (Å²) in [6.45, 7) is 1.68.